The Morgan fingerprint density at radius 1 is 1.32 bits per heavy atom. The molecule has 2 aromatic rings. The van der Waals surface area contributed by atoms with Crippen molar-refractivity contribution >= 4 is 40.4 Å². The predicted octanol–water partition coefficient (Wildman–Crippen LogP) is 4.64. The molecule has 28 heavy (non-hydrogen) atoms. The second kappa shape index (κ2) is 7.63. The zero-order chi connectivity index (χ0) is 20.5. The van der Waals surface area contributed by atoms with E-state index in [1.807, 2.05) is 0 Å². The Hall–Kier alpha value is -2.26. The summed E-state index contributed by atoms with van der Waals surface area (Å²) in [7, 11) is 0. The Balaban J connectivity index is 1.97. The third kappa shape index (κ3) is 3.68. The highest BCUT2D eigenvalue weighted by molar-refractivity contribution is 7.80. The zero-order valence-electron chi connectivity index (χ0n) is 14.2. The number of alkyl halides is 3. The Labute approximate surface area is 168 Å². The molecule has 2 heterocycles. The fourth-order valence-corrected chi connectivity index (χ4v) is 3.37. The number of thiocarbonyl (C=S) groups is 1. The number of carbonyl (C=O) groups is 1. The topological polar surface area (TPSA) is 54.0 Å². The number of hydrogen-bond donors (Lipinski definition) is 2. The molecular formula is C18H14ClF4N3OS. The van der Waals surface area contributed by atoms with Crippen molar-refractivity contribution < 1.29 is 22.4 Å². The van der Waals surface area contributed by atoms with Gasteiger partial charge in [-0.2, -0.15) is 0 Å². The molecule has 2 N–H and O–H groups in total. The maximum atomic E-state index is 14.6. The standard InChI is InChI=1S/C18H14ClF4N3OS/c19-10-1-4-14(24-8-10)16(27)25-11-2-3-13(21)12(7-11)17(9-20)18(22,23)6-5-15(28)26-17/h1-4,7-8H,5-6,9H2,(H,25,27)(H,26,28). The van der Waals surface area contributed by atoms with Gasteiger partial charge in [0.15, 0.2) is 5.54 Å². The van der Waals surface area contributed by atoms with Crippen molar-refractivity contribution in [3.8, 4) is 0 Å². The first kappa shape index (κ1) is 20.5. The molecule has 0 spiro atoms. The SMILES string of the molecule is O=C(Nc1ccc(F)c(C2(CF)NC(=S)CCC2(F)F)c1)c1ccc(Cl)cn1. The summed E-state index contributed by atoms with van der Waals surface area (Å²) in [6.07, 6.45) is 0.413. The van der Waals surface area contributed by atoms with Gasteiger partial charge in [0, 0.05) is 30.3 Å². The van der Waals surface area contributed by atoms with Crippen LogP contribution in [0.1, 0.15) is 28.9 Å². The largest absolute Gasteiger partial charge is 0.363 e. The first-order valence-electron chi connectivity index (χ1n) is 8.16. The third-order valence-electron chi connectivity index (χ3n) is 4.49. The average Bonchev–Trinajstić information content (AvgIpc) is 2.66. The van der Waals surface area contributed by atoms with Crippen molar-refractivity contribution in [2.75, 3.05) is 12.0 Å². The number of hydrogen-bond acceptors (Lipinski definition) is 3. The van der Waals surface area contributed by atoms with Gasteiger partial charge in [0.05, 0.1) is 10.0 Å². The van der Waals surface area contributed by atoms with Gasteiger partial charge in [-0.25, -0.2) is 22.5 Å². The zero-order valence-corrected chi connectivity index (χ0v) is 15.8. The van der Waals surface area contributed by atoms with E-state index in [0.717, 1.165) is 12.1 Å². The number of aromatic nitrogens is 1. The molecule has 148 valence electrons. The molecule has 1 amide bonds. The van der Waals surface area contributed by atoms with Crippen molar-refractivity contribution in [2.45, 2.75) is 24.3 Å². The van der Waals surface area contributed by atoms with Crippen LogP contribution in [0.4, 0.5) is 23.2 Å². The van der Waals surface area contributed by atoms with Crippen LogP contribution in [0.15, 0.2) is 36.5 Å². The van der Waals surface area contributed by atoms with Crippen LogP contribution in [0, 0.1) is 5.82 Å². The highest BCUT2D eigenvalue weighted by atomic mass is 35.5. The summed E-state index contributed by atoms with van der Waals surface area (Å²) in [6.45, 7) is -1.59. The summed E-state index contributed by atoms with van der Waals surface area (Å²) in [6, 6.07) is 5.84. The monoisotopic (exact) mass is 431 g/mol. The molecular weight excluding hydrogens is 418 g/mol. The number of carbonyl (C=O) groups excluding carboxylic acids is 1. The van der Waals surface area contributed by atoms with Crippen LogP contribution in [-0.4, -0.2) is 28.5 Å². The minimum atomic E-state index is -3.59. The highest BCUT2D eigenvalue weighted by Gasteiger charge is 2.58. The molecule has 0 bridgehead atoms. The van der Waals surface area contributed by atoms with Crippen molar-refractivity contribution in [1.82, 2.24) is 10.3 Å². The minimum Gasteiger partial charge on any atom is -0.363 e. The summed E-state index contributed by atoms with van der Waals surface area (Å²) in [5, 5.41) is 5.02. The molecule has 1 aromatic carbocycles. The summed E-state index contributed by atoms with van der Waals surface area (Å²) in [4.78, 5) is 16.1. The fourth-order valence-electron chi connectivity index (χ4n) is 2.98. The van der Waals surface area contributed by atoms with Gasteiger partial charge < -0.3 is 10.6 Å². The van der Waals surface area contributed by atoms with E-state index in [0.29, 0.717) is 5.02 Å². The molecule has 1 aromatic heterocycles. The number of anilines is 1. The van der Waals surface area contributed by atoms with Crippen LogP contribution in [0.5, 0.6) is 0 Å². The molecule has 0 radical (unpaired) electrons. The number of nitrogens with one attached hydrogen (secondary N) is 2. The van der Waals surface area contributed by atoms with E-state index in [1.165, 1.54) is 24.4 Å². The number of piperidine rings is 1. The van der Waals surface area contributed by atoms with Crippen LogP contribution < -0.4 is 10.6 Å². The first-order chi connectivity index (χ1) is 13.2. The number of benzene rings is 1. The van der Waals surface area contributed by atoms with Crippen LogP contribution in [0.25, 0.3) is 0 Å². The summed E-state index contributed by atoms with van der Waals surface area (Å²) in [5.74, 6) is -5.30. The van der Waals surface area contributed by atoms with Gasteiger partial charge in [-0.1, -0.05) is 23.8 Å². The lowest BCUT2D eigenvalue weighted by Gasteiger charge is -2.44. The Morgan fingerprint density at radius 2 is 2.07 bits per heavy atom. The molecule has 10 heteroatoms. The fraction of sp³-hybridized carbons (Fsp3) is 0.278. The molecule has 1 saturated heterocycles. The Kier molecular flexibility index (Phi) is 5.58. The molecule has 0 aliphatic carbocycles. The van der Waals surface area contributed by atoms with Crippen molar-refractivity contribution in [3.63, 3.8) is 0 Å². The number of nitrogens with zero attached hydrogens (tertiary/aromatic N) is 1. The average molecular weight is 432 g/mol. The number of halogens is 5. The van der Waals surface area contributed by atoms with Crippen LogP contribution in [0.3, 0.4) is 0 Å². The van der Waals surface area contributed by atoms with Crippen molar-refractivity contribution in [3.05, 3.63) is 58.6 Å². The molecule has 1 aliphatic heterocycles. The molecule has 1 unspecified atom stereocenters. The van der Waals surface area contributed by atoms with Crippen LogP contribution in [0.2, 0.25) is 5.02 Å². The van der Waals surface area contributed by atoms with E-state index in [1.54, 1.807) is 0 Å². The second-order valence-electron chi connectivity index (χ2n) is 6.30. The van der Waals surface area contributed by atoms with Gasteiger partial charge in [0.2, 0.25) is 0 Å². The lowest BCUT2D eigenvalue weighted by atomic mass is 9.79. The van der Waals surface area contributed by atoms with E-state index in [2.05, 4.69) is 15.6 Å². The smallest absolute Gasteiger partial charge is 0.277 e. The maximum Gasteiger partial charge on any atom is 0.277 e. The van der Waals surface area contributed by atoms with Gasteiger partial charge in [0.1, 0.15) is 18.2 Å². The maximum absolute atomic E-state index is 14.6. The molecule has 4 nitrogen and oxygen atoms in total. The van der Waals surface area contributed by atoms with Crippen LogP contribution >= 0.6 is 23.8 Å². The minimum absolute atomic E-state index is 0.0000619. The summed E-state index contributed by atoms with van der Waals surface area (Å²) < 4.78 is 57.6. The highest BCUT2D eigenvalue weighted by Crippen LogP contribution is 2.45. The van der Waals surface area contributed by atoms with Gasteiger partial charge in [-0.05, 0) is 30.3 Å². The van der Waals surface area contributed by atoms with E-state index in [4.69, 9.17) is 23.8 Å². The third-order valence-corrected chi connectivity index (χ3v) is 5.02. The quantitative estimate of drug-likeness (QED) is 0.547. The molecule has 1 aliphatic rings. The number of amides is 1. The second-order valence-corrected chi connectivity index (χ2v) is 7.23. The van der Waals surface area contributed by atoms with Gasteiger partial charge in [0.25, 0.3) is 11.8 Å². The van der Waals surface area contributed by atoms with Crippen LogP contribution in [-0.2, 0) is 5.54 Å². The summed E-state index contributed by atoms with van der Waals surface area (Å²) in [5.41, 5.74) is -3.26. The van der Waals surface area contributed by atoms with E-state index >= 15 is 0 Å². The first-order valence-corrected chi connectivity index (χ1v) is 8.95. The Bertz CT molecular complexity index is 926. The Morgan fingerprint density at radius 3 is 2.71 bits per heavy atom. The van der Waals surface area contributed by atoms with E-state index in [-0.39, 0.29) is 22.8 Å². The van der Waals surface area contributed by atoms with Gasteiger partial charge >= 0.3 is 0 Å². The lowest BCUT2D eigenvalue weighted by Crippen LogP contribution is -2.62. The van der Waals surface area contributed by atoms with Gasteiger partial charge in [-0.15, -0.1) is 0 Å². The molecule has 0 saturated carbocycles. The molecule has 1 atom stereocenters. The van der Waals surface area contributed by atoms with Crippen molar-refractivity contribution in [2.24, 2.45) is 0 Å². The van der Waals surface area contributed by atoms with E-state index < -0.39 is 41.8 Å². The normalized spacial score (nSPS) is 21.1. The summed E-state index contributed by atoms with van der Waals surface area (Å²) >= 11 is 10.6. The lowest BCUT2D eigenvalue weighted by molar-refractivity contribution is -0.109. The van der Waals surface area contributed by atoms with Gasteiger partial charge in [-0.3, -0.25) is 4.79 Å². The number of pyridine rings is 1. The van der Waals surface area contributed by atoms with Crippen molar-refractivity contribution in [1.29, 1.82) is 0 Å². The molecule has 3 rings (SSSR count). The van der Waals surface area contributed by atoms with E-state index in [9.17, 15) is 22.4 Å². The number of rotatable bonds is 4. The molecule has 1 fully saturated rings. The predicted molar refractivity (Wildman–Crippen MR) is 101 cm³/mol.